The molecule has 0 bridgehead atoms. The van der Waals surface area contributed by atoms with E-state index < -0.39 is 0 Å². The van der Waals surface area contributed by atoms with Gasteiger partial charge in [0.25, 0.3) is 5.91 Å². The van der Waals surface area contributed by atoms with E-state index in [0.29, 0.717) is 23.7 Å². The molecule has 0 radical (unpaired) electrons. The minimum absolute atomic E-state index is 0.192. The van der Waals surface area contributed by atoms with Gasteiger partial charge < -0.3 is 14.8 Å². The molecule has 1 aromatic heterocycles. The average molecular weight is 413 g/mol. The summed E-state index contributed by atoms with van der Waals surface area (Å²) in [5, 5.41) is 2.86. The van der Waals surface area contributed by atoms with Crippen LogP contribution in [-0.4, -0.2) is 18.0 Å². The smallest absolute Gasteiger partial charge is 0.253 e. The van der Waals surface area contributed by atoms with Crippen molar-refractivity contribution in [2.45, 2.75) is 6.54 Å². The van der Waals surface area contributed by atoms with Gasteiger partial charge in [-0.2, -0.15) is 0 Å². The highest BCUT2D eigenvalue weighted by Crippen LogP contribution is 2.23. The van der Waals surface area contributed by atoms with E-state index in [4.69, 9.17) is 9.47 Å². The number of amides is 1. The van der Waals surface area contributed by atoms with Crippen molar-refractivity contribution in [2.75, 3.05) is 7.11 Å². The number of benzene rings is 2. The molecule has 1 heterocycles. The van der Waals surface area contributed by atoms with Crippen molar-refractivity contribution in [3.8, 4) is 17.4 Å². The Morgan fingerprint density at radius 3 is 2.54 bits per heavy atom. The third kappa shape index (κ3) is 4.83. The van der Waals surface area contributed by atoms with Gasteiger partial charge in [-0.3, -0.25) is 4.79 Å². The molecule has 0 saturated heterocycles. The van der Waals surface area contributed by atoms with Gasteiger partial charge in [0, 0.05) is 23.3 Å². The van der Waals surface area contributed by atoms with Crippen LogP contribution in [-0.2, 0) is 6.54 Å². The van der Waals surface area contributed by atoms with Crippen LogP contribution in [0.15, 0.2) is 71.3 Å². The van der Waals surface area contributed by atoms with Crippen molar-refractivity contribution >= 4 is 21.8 Å². The number of ether oxygens (including phenoxy) is 2. The van der Waals surface area contributed by atoms with E-state index in [9.17, 15) is 4.79 Å². The molecular weight excluding hydrogens is 396 g/mol. The fourth-order valence-electron chi connectivity index (χ4n) is 2.25. The molecule has 3 rings (SSSR count). The van der Waals surface area contributed by atoms with Crippen molar-refractivity contribution in [2.24, 2.45) is 0 Å². The Kier molecular flexibility index (Phi) is 5.86. The van der Waals surface area contributed by atoms with Gasteiger partial charge in [0.05, 0.1) is 12.7 Å². The third-order valence-corrected chi connectivity index (χ3v) is 4.12. The van der Waals surface area contributed by atoms with Crippen molar-refractivity contribution in [1.82, 2.24) is 10.3 Å². The molecule has 1 N–H and O–H groups in total. The SMILES string of the molecule is COc1ccc(CNC(=O)c2ccc(Oc3cccc(Br)c3)nc2)cc1. The van der Waals surface area contributed by atoms with Crippen LogP contribution in [0.25, 0.3) is 0 Å². The number of halogens is 1. The van der Waals surface area contributed by atoms with E-state index in [1.54, 1.807) is 19.2 Å². The van der Waals surface area contributed by atoms with Gasteiger partial charge in [-0.1, -0.05) is 34.1 Å². The lowest BCUT2D eigenvalue weighted by atomic mass is 10.2. The van der Waals surface area contributed by atoms with Gasteiger partial charge in [0.1, 0.15) is 11.5 Å². The van der Waals surface area contributed by atoms with Crippen LogP contribution < -0.4 is 14.8 Å². The maximum Gasteiger partial charge on any atom is 0.253 e. The predicted octanol–water partition coefficient (Wildman–Crippen LogP) is 4.58. The molecule has 0 unspecified atom stereocenters. The number of aromatic nitrogens is 1. The van der Waals surface area contributed by atoms with Gasteiger partial charge in [0.15, 0.2) is 0 Å². The molecule has 0 spiro atoms. The fraction of sp³-hybridized carbons (Fsp3) is 0.100. The van der Waals surface area contributed by atoms with Gasteiger partial charge in [-0.15, -0.1) is 0 Å². The van der Waals surface area contributed by atoms with Crippen LogP contribution in [0.1, 0.15) is 15.9 Å². The fourth-order valence-corrected chi connectivity index (χ4v) is 2.63. The van der Waals surface area contributed by atoms with Gasteiger partial charge in [-0.05, 0) is 42.0 Å². The van der Waals surface area contributed by atoms with E-state index in [1.807, 2.05) is 48.5 Å². The summed E-state index contributed by atoms with van der Waals surface area (Å²) in [7, 11) is 1.62. The summed E-state index contributed by atoms with van der Waals surface area (Å²) >= 11 is 3.39. The molecule has 0 saturated carbocycles. The van der Waals surface area contributed by atoms with E-state index in [0.717, 1.165) is 15.8 Å². The Hall–Kier alpha value is -2.86. The first-order chi connectivity index (χ1) is 12.6. The summed E-state index contributed by atoms with van der Waals surface area (Å²) in [6, 6.07) is 18.4. The van der Waals surface area contributed by atoms with Crippen LogP contribution in [0.3, 0.4) is 0 Å². The maximum atomic E-state index is 12.2. The Balaban J connectivity index is 1.57. The predicted molar refractivity (Wildman–Crippen MR) is 103 cm³/mol. The summed E-state index contributed by atoms with van der Waals surface area (Å²) in [5.41, 5.74) is 1.46. The molecule has 2 aromatic carbocycles. The van der Waals surface area contributed by atoms with Gasteiger partial charge in [-0.25, -0.2) is 4.98 Å². The van der Waals surface area contributed by atoms with Gasteiger partial charge in [0.2, 0.25) is 5.88 Å². The highest BCUT2D eigenvalue weighted by molar-refractivity contribution is 9.10. The lowest BCUT2D eigenvalue weighted by molar-refractivity contribution is 0.0950. The van der Waals surface area contributed by atoms with E-state index in [-0.39, 0.29) is 5.91 Å². The zero-order valence-corrected chi connectivity index (χ0v) is 15.7. The average Bonchev–Trinajstić information content (AvgIpc) is 2.67. The molecule has 0 atom stereocenters. The molecule has 0 fully saturated rings. The monoisotopic (exact) mass is 412 g/mol. The molecule has 3 aromatic rings. The van der Waals surface area contributed by atoms with Crippen molar-refractivity contribution in [3.63, 3.8) is 0 Å². The number of carbonyl (C=O) groups is 1. The number of hydrogen-bond donors (Lipinski definition) is 1. The lowest BCUT2D eigenvalue weighted by Gasteiger charge is -2.08. The summed E-state index contributed by atoms with van der Waals surface area (Å²) in [6.07, 6.45) is 1.50. The van der Waals surface area contributed by atoms with Crippen LogP contribution in [0.4, 0.5) is 0 Å². The van der Waals surface area contributed by atoms with Crippen LogP contribution in [0, 0.1) is 0 Å². The molecule has 0 aliphatic carbocycles. The molecule has 26 heavy (non-hydrogen) atoms. The van der Waals surface area contributed by atoms with Crippen molar-refractivity contribution in [3.05, 3.63) is 82.5 Å². The van der Waals surface area contributed by atoms with Crippen LogP contribution >= 0.6 is 15.9 Å². The quantitative estimate of drug-likeness (QED) is 0.643. The summed E-state index contributed by atoms with van der Waals surface area (Å²) in [5.74, 6) is 1.69. The van der Waals surface area contributed by atoms with Gasteiger partial charge >= 0.3 is 0 Å². The number of pyridine rings is 1. The summed E-state index contributed by atoms with van der Waals surface area (Å²) < 4.78 is 11.7. The van der Waals surface area contributed by atoms with Crippen molar-refractivity contribution < 1.29 is 14.3 Å². The zero-order chi connectivity index (χ0) is 18.4. The largest absolute Gasteiger partial charge is 0.497 e. The van der Waals surface area contributed by atoms with E-state index in [1.165, 1.54) is 6.20 Å². The normalized spacial score (nSPS) is 10.2. The highest BCUT2D eigenvalue weighted by atomic mass is 79.9. The first kappa shape index (κ1) is 17.9. The highest BCUT2D eigenvalue weighted by Gasteiger charge is 2.07. The number of nitrogens with zero attached hydrogens (tertiary/aromatic N) is 1. The Bertz CT molecular complexity index is 880. The topological polar surface area (TPSA) is 60.5 Å². The minimum atomic E-state index is -0.192. The Labute approximate surface area is 160 Å². The first-order valence-corrected chi connectivity index (χ1v) is 8.74. The molecule has 6 heteroatoms. The van der Waals surface area contributed by atoms with Crippen LogP contribution in [0.2, 0.25) is 0 Å². The molecule has 1 amide bonds. The summed E-state index contributed by atoms with van der Waals surface area (Å²) in [4.78, 5) is 16.4. The molecule has 0 aliphatic rings. The zero-order valence-electron chi connectivity index (χ0n) is 14.1. The number of nitrogens with one attached hydrogen (secondary N) is 1. The number of methoxy groups -OCH3 is 1. The third-order valence-electron chi connectivity index (χ3n) is 3.63. The minimum Gasteiger partial charge on any atom is -0.497 e. The van der Waals surface area contributed by atoms with E-state index in [2.05, 4.69) is 26.2 Å². The Morgan fingerprint density at radius 2 is 1.88 bits per heavy atom. The molecule has 132 valence electrons. The summed E-state index contributed by atoms with van der Waals surface area (Å²) in [6.45, 7) is 0.430. The van der Waals surface area contributed by atoms with Crippen molar-refractivity contribution in [1.29, 1.82) is 0 Å². The van der Waals surface area contributed by atoms with E-state index >= 15 is 0 Å². The second-order valence-electron chi connectivity index (χ2n) is 5.48. The lowest BCUT2D eigenvalue weighted by Crippen LogP contribution is -2.22. The number of rotatable bonds is 6. The van der Waals surface area contributed by atoms with Crippen LogP contribution in [0.5, 0.6) is 17.4 Å². The standard InChI is InChI=1S/C20H17BrN2O3/c1-25-17-8-5-14(6-9-17)12-23-20(24)15-7-10-19(22-13-15)26-18-4-2-3-16(21)11-18/h2-11,13H,12H2,1H3,(H,23,24). The number of hydrogen-bond acceptors (Lipinski definition) is 4. The first-order valence-electron chi connectivity index (χ1n) is 7.94. The molecular formula is C20H17BrN2O3. The number of carbonyl (C=O) groups excluding carboxylic acids is 1. The second kappa shape index (κ2) is 8.49. The maximum absolute atomic E-state index is 12.2. The second-order valence-corrected chi connectivity index (χ2v) is 6.39. The molecule has 0 aliphatic heterocycles. The Morgan fingerprint density at radius 1 is 1.08 bits per heavy atom. The molecule has 5 nitrogen and oxygen atoms in total.